The van der Waals surface area contributed by atoms with E-state index in [0.29, 0.717) is 38.6 Å². The third kappa shape index (κ3) is 8.26. The van der Waals surface area contributed by atoms with Crippen LogP contribution >= 0.6 is 24.0 Å². The molecule has 2 saturated heterocycles. The summed E-state index contributed by atoms with van der Waals surface area (Å²) in [7, 11) is 1.66. The van der Waals surface area contributed by atoms with E-state index in [1.807, 2.05) is 19.1 Å². The van der Waals surface area contributed by atoms with Gasteiger partial charge in [0.2, 0.25) is 0 Å². The van der Waals surface area contributed by atoms with E-state index in [-0.39, 0.29) is 36.1 Å². The van der Waals surface area contributed by atoms with Crippen molar-refractivity contribution in [3.8, 4) is 5.75 Å². The fraction of sp³-hybridized carbons (Fsp3) is 0.682. The maximum absolute atomic E-state index is 12.7. The maximum Gasteiger partial charge on any atom is 0.401 e. The van der Waals surface area contributed by atoms with Gasteiger partial charge in [-0.25, -0.2) is 0 Å². The number of nitrogens with one attached hydrogen (secondary N) is 2. The van der Waals surface area contributed by atoms with E-state index in [2.05, 4.69) is 27.7 Å². The van der Waals surface area contributed by atoms with Gasteiger partial charge in [-0.2, -0.15) is 13.2 Å². The summed E-state index contributed by atoms with van der Waals surface area (Å²) in [5.41, 5.74) is 1.19. The maximum atomic E-state index is 12.7. The van der Waals surface area contributed by atoms with E-state index in [1.165, 1.54) is 23.3 Å². The summed E-state index contributed by atoms with van der Waals surface area (Å²) in [5.74, 6) is 1.49. The van der Waals surface area contributed by atoms with Crippen LogP contribution in [0.4, 0.5) is 13.2 Å². The van der Waals surface area contributed by atoms with Crippen LogP contribution in [0.5, 0.6) is 5.75 Å². The minimum atomic E-state index is -4.16. The van der Waals surface area contributed by atoms with Crippen LogP contribution in [0.3, 0.4) is 0 Å². The molecule has 0 bridgehead atoms. The molecule has 0 radical (unpaired) electrons. The third-order valence-corrected chi connectivity index (χ3v) is 5.86. The molecular weight excluding hydrogens is 534 g/mol. The normalized spacial score (nSPS) is 21.3. The number of hydrogen-bond donors (Lipinski definition) is 2. The predicted octanol–water partition coefficient (Wildman–Crippen LogP) is 3.64. The Morgan fingerprint density at radius 1 is 1.19 bits per heavy atom. The number of hydrogen-bond acceptors (Lipinski definition) is 4. The Bertz CT molecular complexity index is 711. The third-order valence-electron chi connectivity index (χ3n) is 5.86. The van der Waals surface area contributed by atoms with Crippen molar-refractivity contribution in [1.82, 2.24) is 20.4 Å². The molecule has 32 heavy (non-hydrogen) atoms. The van der Waals surface area contributed by atoms with Crippen LogP contribution in [-0.4, -0.2) is 80.9 Å². The first kappa shape index (κ1) is 27.0. The van der Waals surface area contributed by atoms with Gasteiger partial charge in [0.1, 0.15) is 5.75 Å². The van der Waals surface area contributed by atoms with Gasteiger partial charge >= 0.3 is 6.18 Å². The standard InChI is InChI=1S/C22H34F3N5O.HI/c1-3-26-21(28-18-10-13-29(15-18)16-22(23,24)25)27-14-20(30-11-4-5-12-30)17-6-8-19(31-2)9-7-17;/h6-9,18,20H,3-5,10-16H2,1-2H3,(H2,26,27,28);1H. The van der Waals surface area contributed by atoms with Crippen molar-refractivity contribution in [1.29, 1.82) is 0 Å². The van der Waals surface area contributed by atoms with Gasteiger partial charge in [-0.15, -0.1) is 24.0 Å². The lowest BCUT2D eigenvalue weighted by atomic mass is 10.1. The van der Waals surface area contributed by atoms with Gasteiger partial charge in [-0.3, -0.25) is 14.8 Å². The fourth-order valence-electron chi connectivity index (χ4n) is 4.35. The molecule has 3 rings (SSSR count). The number of guanidine groups is 1. The number of likely N-dealkylation sites (tertiary alicyclic amines) is 2. The second kappa shape index (κ2) is 12.8. The van der Waals surface area contributed by atoms with Crippen molar-refractivity contribution < 1.29 is 17.9 Å². The summed E-state index contributed by atoms with van der Waals surface area (Å²) >= 11 is 0. The summed E-state index contributed by atoms with van der Waals surface area (Å²) < 4.78 is 43.3. The average molecular weight is 569 g/mol. The Morgan fingerprint density at radius 3 is 2.47 bits per heavy atom. The zero-order valence-electron chi connectivity index (χ0n) is 18.8. The summed E-state index contributed by atoms with van der Waals surface area (Å²) in [6.45, 7) is 5.33. The lowest BCUT2D eigenvalue weighted by Gasteiger charge is -2.27. The number of aliphatic imine (C=N–C) groups is 1. The SMILES string of the molecule is CCNC(=NCC(c1ccc(OC)cc1)N1CCCC1)NC1CCN(CC(F)(F)F)C1.I. The lowest BCUT2D eigenvalue weighted by Crippen LogP contribution is -2.45. The van der Waals surface area contributed by atoms with Crippen LogP contribution in [0.1, 0.15) is 37.8 Å². The van der Waals surface area contributed by atoms with Crippen LogP contribution in [0.15, 0.2) is 29.3 Å². The van der Waals surface area contributed by atoms with Gasteiger partial charge in [-0.05, 0) is 57.0 Å². The molecule has 2 aliphatic rings. The average Bonchev–Trinajstić information content (AvgIpc) is 3.40. The van der Waals surface area contributed by atoms with Crippen LogP contribution in [0, 0.1) is 0 Å². The summed E-state index contributed by atoms with van der Waals surface area (Å²) in [5, 5.41) is 6.59. The Hall–Kier alpha value is -1.27. The molecule has 2 aliphatic heterocycles. The molecule has 10 heteroatoms. The molecule has 2 atom stereocenters. The van der Waals surface area contributed by atoms with E-state index >= 15 is 0 Å². The second-order valence-corrected chi connectivity index (χ2v) is 8.23. The highest BCUT2D eigenvalue weighted by Gasteiger charge is 2.34. The Labute approximate surface area is 206 Å². The Balaban J connectivity index is 0.00000363. The first-order valence-corrected chi connectivity index (χ1v) is 11.1. The van der Waals surface area contributed by atoms with Gasteiger partial charge in [0.15, 0.2) is 5.96 Å². The first-order valence-electron chi connectivity index (χ1n) is 11.1. The van der Waals surface area contributed by atoms with Crippen molar-refractivity contribution in [2.45, 2.75) is 44.4 Å². The number of methoxy groups -OCH3 is 1. The molecule has 1 aromatic carbocycles. The molecule has 2 N–H and O–H groups in total. The highest BCUT2D eigenvalue weighted by Crippen LogP contribution is 2.27. The lowest BCUT2D eigenvalue weighted by molar-refractivity contribution is -0.143. The molecule has 6 nitrogen and oxygen atoms in total. The predicted molar refractivity (Wildman–Crippen MR) is 132 cm³/mol. The van der Waals surface area contributed by atoms with Crippen molar-refractivity contribution in [3.63, 3.8) is 0 Å². The smallest absolute Gasteiger partial charge is 0.401 e. The van der Waals surface area contributed by atoms with Gasteiger partial charge in [-0.1, -0.05) is 12.1 Å². The van der Waals surface area contributed by atoms with Gasteiger partial charge < -0.3 is 15.4 Å². The largest absolute Gasteiger partial charge is 0.497 e. The van der Waals surface area contributed by atoms with Crippen LogP contribution in [0.2, 0.25) is 0 Å². The van der Waals surface area contributed by atoms with Gasteiger partial charge in [0, 0.05) is 25.7 Å². The molecule has 1 aromatic rings. The van der Waals surface area contributed by atoms with Crippen LogP contribution < -0.4 is 15.4 Å². The zero-order chi connectivity index (χ0) is 22.3. The Morgan fingerprint density at radius 2 is 1.88 bits per heavy atom. The van der Waals surface area contributed by atoms with E-state index in [9.17, 15) is 13.2 Å². The highest BCUT2D eigenvalue weighted by molar-refractivity contribution is 14.0. The number of benzene rings is 1. The molecule has 0 amide bonds. The number of nitrogens with zero attached hydrogens (tertiary/aromatic N) is 3. The topological polar surface area (TPSA) is 52.1 Å². The molecule has 2 heterocycles. The number of halogens is 4. The number of rotatable bonds is 8. The molecule has 2 fully saturated rings. The molecule has 182 valence electrons. The van der Waals surface area contributed by atoms with Crippen molar-refractivity contribution in [2.24, 2.45) is 4.99 Å². The minimum Gasteiger partial charge on any atom is -0.497 e. The molecular formula is C22H35F3IN5O. The van der Waals surface area contributed by atoms with Gasteiger partial charge in [0.25, 0.3) is 0 Å². The van der Waals surface area contributed by atoms with E-state index in [0.717, 1.165) is 18.8 Å². The minimum absolute atomic E-state index is 0. The van der Waals surface area contributed by atoms with Crippen molar-refractivity contribution >= 4 is 29.9 Å². The molecule has 2 unspecified atom stereocenters. The first-order chi connectivity index (χ1) is 14.9. The van der Waals surface area contributed by atoms with Crippen molar-refractivity contribution in [2.75, 3.05) is 52.9 Å². The van der Waals surface area contributed by atoms with E-state index in [1.54, 1.807) is 7.11 Å². The number of alkyl halides is 3. The zero-order valence-corrected chi connectivity index (χ0v) is 21.2. The van der Waals surface area contributed by atoms with Crippen LogP contribution in [-0.2, 0) is 0 Å². The number of ether oxygens (including phenoxy) is 1. The summed E-state index contributed by atoms with van der Waals surface area (Å²) in [4.78, 5) is 8.73. The molecule has 0 aliphatic carbocycles. The molecule has 0 spiro atoms. The summed E-state index contributed by atoms with van der Waals surface area (Å²) in [6.07, 6.45) is -1.11. The van der Waals surface area contributed by atoms with E-state index < -0.39 is 12.7 Å². The quantitative estimate of drug-likeness (QED) is 0.285. The van der Waals surface area contributed by atoms with E-state index in [4.69, 9.17) is 9.73 Å². The Kier molecular flexibility index (Phi) is 10.8. The highest BCUT2D eigenvalue weighted by atomic mass is 127. The van der Waals surface area contributed by atoms with Crippen molar-refractivity contribution in [3.05, 3.63) is 29.8 Å². The summed E-state index contributed by atoms with van der Waals surface area (Å²) in [6, 6.07) is 8.24. The molecule has 0 aromatic heterocycles. The monoisotopic (exact) mass is 569 g/mol. The fourth-order valence-corrected chi connectivity index (χ4v) is 4.35. The molecule has 0 saturated carbocycles. The second-order valence-electron chi connectivity index (χ2n) is 8.23. The van der Waals surface area contributed by atoms with Crippen LogP contribution in [0.25, 0.3) is 0 Å². The van der Waals surface area contributed by atoms with Gasteiger partial charge in [0.05, 0.1) is 26.2 Å².